The lowest BCUT2D eigenvalue weighted by Gasteiger charge is -2.34. The van der Waals surface area contributed by atoms with Gasteiger partial charge in [0, 0.05) is 43.6 Å². The van der Waals surface area contributed by atoms with E-state index in [1.807, 2.05) is 43.0 Å². The Bertz CT molecular complexity index is 471. The predicted molar refractivity (Wildman–Crippen MR) is 88.3 cm³/mol. The van der Waals surface area contributed by atoms with Crippen molar-refractivity contribution in [2.45, 2.75) is 20.0 Å². The number of benzene rings is 1. The van der Waals surface area contributed by atoms with E-state index in [-0.39, 0.29) is 12.0 Å². The quantitative estimate of drug-likeness (QED) is 0.762. The molecule has 116 valence electrons. The Balaban J connectivity index is 1.97. The van der Waals surface area contributed by atoms with E-state index in [1.165, 1.54) is 0 Å². The number of carbonyl (C=O) groups excluding carboxylic acids is 1. The highest BCUT2D eigenvalue weighted by atomic mass is 79.9. The average molecular weight is 355 g/mol. The summed E-state index contributed by atoms with van der Waals surface area (Å²) in [4.78, 5) is 16.8. The zero-order chi connectivity index (χ0) is 15.2. The van der Waals surface area contributed by atoms with Crippen molar-refractivity contribution in [3.05, 3.63) is 29.8 Å². The van der Waals surface area contributed by atoms with Crippen molar-refractivity contribution < 1.29 is 9.53 Å². The van der Waals surface area contributed by atoms with Crippen LogP contribution in [0.2, 0.25) is 0 Å². The summed E-state index contributed by atoms with van der Waals surface area (Å²) >= 11 is 3.46. The maximum absolute atomic E-state index is 12.5. The van der Waals surface area contributed by atoms with Gasteiger partial charge in [-0.3, -0.25) is 9.69 Å². The summed E-state index contributed by atoms with van der Waals surface area (Å²) in [6.45, 7) is 8.48. The molecule has 0 unspecified atom stereocenters. The highest BCUT2D eigenvalue weighted by Gasteiger charge is 2.21. The van der Waals surface area contributed by atoms with Crippen LogP contribution in [0.1, 0.15) is 24.2 Å². The molecule has 1 amide bonds. The molecule has 0 radical (unpaired) electrons. The van der Waals surface area contributed by atoms with Crippen molar-refractivity contribution >= 4 is 21.8 Å². The van der Waals surface area contributed by atoms with Crippen molar-refractivity contribution in [2.24, 2.45) is 0 Å². The van der Waals surface area contributed by atoms with E-state index < -0.39 is 0 Å². The lowest BCUT2D eigenvalue weighted by molar-refractivity contribution is 0.0644. The van der Waals surface area contributed by atoms with Crippen LogP contribution in [0.5, 0.6) is 5.75 Å². The molecule has 0 saturated carbocycles. The molecule has 1 heterocycles. The monoisotopic (exact) mass is 354 g/mol. The van der Waals surface area contributed by atoms with Gasteiger partial charge in [-0.05, 0) is 32.0 Å². The van der Waals surface area contributed by atoms with Gasteiger partial charge in [-0.1, -0.05) is 22.0 Å². The van der Waals surface area contributed by atoms with Gasteiger partial charge in [-0.15, -0.1) is 0 Å². The Kier molecular flexibility index (Phi) is 6.06. The molecule has 0 bridgehead atoms. The van der Waals surface area contributed by atoms with Gasteiger partial charge in [-0.2, -0.15) is 0 Å². The van der Waals surface area contributed by atoms with E-state index in [4.69, 9.17) is 4.74 Å². The van der Waals surface area contributed by atoms with Crippen LogP contribution < -0.4 is 4.74 Å². The number of halogens is 1. The fourth-order valence-electron chi connectivity index (χ4n) is 2.45. The number of amides is 1. The first-order chi connectivity index (χ1) is 10.1. The van der Waals surface area contributed by atoms with Crippen LogP contribution in [0.3, 0.4) is 0 Å². The van der Waals surface area contributed by atoms with Gasteiger partial charge >= 0.3 is 0 Å². The number of carbonyl (C=O) groups is 1. The highest BCUT2D eigenvalue weighted by Crippen LogP contribution is 2.17. The van der Waals surface area contributed by atoms with Gasteiger partial charge < -0.3 is 9.64 Å². The van der Waals surface area contributed by atoms with Crippen molar-refractivity contribution in [1.82, 2.24) is 9.80 Å². The molecule has 0 aliphatic carbocycles. The van der Waals surface area contributed by atoms with E-state index in [0.717, 1.165) is 43.8 Å². The van der Waals surface area contributed by atoms with E-state index in [2.05, 4.69) is 20.8 Å². The van der Waals surface area contributed by atoms with Crippen LogP contribution in [-0.2, 0) is 0 Å². The van der Waals surface area contributed by atoms with Crippen LogP contribution in [-0.4, -0.2) is 59.9 Å². The largest absolute Gasteiger partial charge is 0.491 e. The first-order valence-electron chi connectivity index (χ1n) is 7.44. The maximum atomic E-state index is 12.5. The minimum atomic E-state index is 0.0997. The Morgan fingerprint density at radius 1 is 1.29 bits per heavy atom. The minimum absolute atomic E-state index is 0.0997. The summed E-state index contributed by atoms with van der Waals surface area (Å²) in [5, 5.41) is 0.982. The molecule has 0 N–H and O–H groups in total. The molecule has 0 spiro atoms. The molecule has 1 aromatic rings. The smallest absolute Gasteiger partial charge is 0.254 e. The van der Waals surface area contributed by atoms with E-state index in [1.54, 1.807) is 0 Å². The molecule has 5 heteroatoms. The predicted octanol–water partition coefficient (Wildman–Crippen LogP) is 2.63. The van der Waals surface area contributed by atoms with Crippen LogP contribution in [0.25, 0.3) is 0 Å². The number of piperazine rings is 1. The summed E-state index contributed by atoms with van der Waals surface area (Å²) in [5.41, 5.74) is 0.710. The van der Waals surface area contributed by atoms with Crippen molar-refractivity contribution in [3.63, 3.8) is 0 Å². The summed E-state index contributed by atoms with van der Waals surface area (Å²) in [7, 11) is 0. The standard InChI is InChI=1S/C16H23BrN2O2/c1-13(2)21-15-5-3-4-14(12-15)16(20)19-10-8-18(7-6-17)9-11-19/h3-5,12-13H,6-11H2,1-2H3. The topological polar surface area (TPSA) is 32.8 Å². The zero-order valence-electron chi connectivity index (χ0n) is 12.7. The Hall–Kier alpha value is -1.07. The lowest BCUT2D eigenvalue weighted by Crippen LogP contribution is -2.49. The number of hydrogen-bond acceptors (Lipinski definition) is 3. The van der Waals surface area contributed by atoms with E-state index >= 15 is 0 Å². The summed E-state index contributed by atoms with van der Waals surface area (Å²) in [6, 6.07) is 7.48. The Morgan fingerprint density at radius 3 is 2.62 bits per heavy atom. The minimum Gasteiger partial charge on any atom is -0.491 e. The average Bonchev–Trinajstić information content (AvgIpc) is 2.47. The van der Waals surface area contributed by atoms with Crippen LogP contribution >= 0.6 is 15.9 Å². The molecule has 1 saturated heterocycles. The first-order valence-corrected chi connectivity index (χ1v) is 8.56. The van der Waals surface area contributed by atoms with Gasteiger partial charge in [0.2, 0.25) is 0 Å². The molecular weight excluding hydrogens is 332 g/mol. The molecule has 2 rings (SSSR count). The molecule has 1 aromatic carbocycles. The third-order valence-electron chi connectivity index (χ3n) is 3.51. The Labute approximate surface area is 135 Å². The van der Waals surface area contributed by atoms with Gasteiger partial charge in [0.05, 0.1) is 6.10 Å². The molecule has 1 aliphatic rings. The second kappa shape index (κ2) is 7.80. The fraction of sp³-hybridized carbons (Fsp3) is 0.562. The van der Waals surface area contributed by atoms with E-state index in [9.17, 15) is 4.79 Å². The third-order valence-corrected chi connectivity index (χ3v) is 3.87. The molecule has 1 aliphatic heterocycles. The summed E-state index contributed by atoms with van der Waals surface area (Å²) in [5.74, 6) is 0.858. The number of ether oxygens (including phenoxy) is 1. The highest BCUT2D eigenvalue weighted by molar-refractivity contribution is 9.09. The first kappa shape index (κ1) is 16.3. The molecule has 0 aromatic heterocycles. The third kappa shape index (κ3) is 4.71. The molecule has 1 fully saturated rings. The van der Waals surface area contributed by atoms with Crippen molar-refractivity contribution in [2.75, 3.05) is 38.1 Å². The number of rotatable bonds is 5. The summed E-state index contributed by atoms with van der Waals surface area (Å²) < 4.78 is 5.66. The zero-order valence-corrected chi connectivity index (χ0v) is 14.3. The SMILES string of the molecule is CC(C)Oc1cccc(C(=O)N2CCN(CCBr)CC2)c1. The number of alkyl halides is 1. The molecule has 4 nitrogen and oxygen atoms in total. The summed E-state index contributed by atoms with van der Waals surface area (Å²) in [6.07, 6.45) is 0.114. The van der Waals surface area contributed by atoms with E-state index in [0.29, 0.717) is 5.56 Å². The fourth-order valence-corrected chi connectivity index (χ4v) is 2.95. The normalized spacial score (nSPS) is 16.3. The van der Waals surface area contributed by atoms with Crippen LogP contribution in [0.4, 0.5) is 0 Å². The number of nitrogens with zero attached hydrogens (tertiary/aromatic N) is 2. The van der Waals surface area contributed by atoms with Crippen LogP contribution in [0, 0.1) is 0 Å². The second-order valence-corrected chi connectivity index (χ2v) is 6.31. The molecular formula is C16H23BrN2O2. The van der Waals surface area contributed by atoms with Crippen molar-refractivity contribution in [3.8, 4) is 5.75 Å². The number of hydrogen-bond donors (Lipinski definition) is 0. The molecule has 21 heavy (non-hydrogen) atoms. The van der Waals surface area contributed by atoms with Gasteiger partial charge in [0.25, 0.3) is 5.91 Å². The molecule has 0 atom stereocenters. The van der Waals surface area contributed by atoms with Crippen molar-refractivity contribution in [1.29, 1.82) is 0 Å². The Morgan fingerprint density at radius 2 is 2.00 bits per heavy atom. The van der Waals surface area contributed by atoms with Crippen LogP contribution in [0.15, 0.2) is 24.3 Å². The lowest BCUT2D eigenvalue weighted by atomic mass is 10.1. The van der Waals surface area contributed by atoms with Gasteiger partial charge in [0.15, 0.2) is 0 Å². The second-order valence-electron chi connectivity index (χ2n) is 5.52. The maximum Gasteiger partial charge on any atom is 0.254 e. The van der Waals surface area contributed by atoms with Gasteiger partial charge in [0.1, 0.15) is 5.75 Å². The van der Waals surface area contributed by atoms with Gasteiger partial charge in [-0.25, -0.2) is 0 Å².